The van der Waals surface area contributed by atoms with Crippen LogP contribution in [0.25, 0.3) is 0 Å². The fourth-order valence-corrected chi connectivity index (χ4v) is 25.5. The zero-order valence-corrected chi connectivity index (χ0v) is 50.0. The first kappa shape index (κ1) is 66.1. The Bertz CT molecular complexity index is 2570. The van der Waals surface area contributed by atoms with Crippen molar-refractivity contribution in [2.75, 3.05) is 37.1 Å². The molecule has 0 radical (unpaired) electrons. The number of hydrogen-bond acceptors (Lipinski definition) is 4. The van der Waals surface area contributed by atoms with Crippen LogP contribution in [-0.2, 0) is 40.1 Å². The normalized spacial score (nSPS) is 11.6. The average molecular weight is 1240 g/mol. The van der Waals surface area contributed by atoms with E-state index in [0.29, 0.717) is 0 Å². The van der Waals surface area contributed by atoms with Crippen molar-refractivity contribution >= 4 is 133 Å². The van der Waals surface area contributed by atoms with Gasteiger partial charge in [0.2, 0.25) is 0 Å². The molecule has 2 nitrogen and oxygen atoms in total. The van der Waals surface area contributed by atoms with Crippen molar-refractivity contribution in [1.29, 1.82) is 0 Å². The van der Waals surface area contributed by atoms with E-state index in [2.05, 4.69) is 264 Å². The monoisotopic (exact) mass is 1240 g/mol. The largest absolute Gasteiger partial charge is 2.00 e. The maximum absolute atomic E-state index is 9.75. The second-order valence-corrected chi connectivity index (χ2v) is 31.7. The zero-order valence-electron chi connectivity index (χ0n) is 42.1. The Morgan fingerprint density at radius 3 is 0.688 bits per heavy atom. The summed E-state index contributed by atoms with van der Waals surface area (Å²) < 4.78 is 83.4. The molecule has 0 aliphatic rings. The Labute approximate surface area is 481 Å². The van der Waals surface area contributed by atoms with E-state index in [1.165, 1.54) is 42.4 Å². The van der Waals surface area contributed by atoms with Gasteiger partial charge < -0.3 is 34.5 Å². The van der Waals surface area contributed by atoms with Gasteiger partial charge in [0.25, 0.3) is 0 Å². The molecular weight excluding hydrogens is 1190 g/mol. The van der Waals surface area contributed by atoms with E-state index < -0.39 is 43.0 Å². The molecule has 77 heavy (non-hydrogen) atoms. The molecule has 0 fully saturated rings. The van der Waals surface area contributed by atoms with Gasteiger partial charge in [0.05, 0.1) is 12.4 Å². The number of benzene rings is 8. The number of thioether (sulfide) groups is 2. The third-order valence-electron chi connectivity index (χ3n) is 11.0. The van der Waals surface area contributed by atoms with E-state index in [4.69, 9.17) is 23.6 Å². The van der Waals surface area contributed by atoms with Crippen molar-refractivity contribution in [3.63, 3.8) is 0 Å². The fourth-order valence-electron chi connectivity index (χ4n) is 7.89. The van der Waals surface area contributed by atoms with Gasteiger partial charge in [-0.25, -0.2) is 8.88 Å². The van der Waals surface area contributed by atoms with Crippen LogP contribution in [0.1, 0.15) is 12.8 Å². The van der Waals surface area contributed by atoms with Crippen LogP contribution in [0.15, 0.2) is 243 Å². The Kier molecular flexibility index (Phi) is 29.2. The molecule has 0 spiro atoms. The molecule has 0 saturated heterocycles. The molecule has 0 N–H and O–H groups in total. The van der Waals surface area contributed by atoms with Crippen molar-refractivity contribution in [1.82, 2.24) is 8.88 Å². The Hall–Kier alpha value is -3.40. The molecule has 0 aliphatic heterocycles. The first-order chi connectivity index (χ1) is 36.5. The van der Waals surface area contributed by atoms with E-state index in [1.54, 1.807) is 0 Å². The zero-order chi connectivity index (χ0) is 54.9. The van der Waals surface area contributed by atoms with Crippen LogP contribution < -0.4 is 42.4 Å². The summed E-state index contributed by atoms with van der Waals surface area (Å²) >= 11 is 17.5. The summed E-state index contributed by atoms with van der Waals surface area (Å²) in [5, 5.41) is 10.4. The Morgan fingerprint density at radius 2 is 0.519 bits per heavy atom. The third kappa shape index (κ3) is 21.2. The molecule has 0 unspecified atom stereocenters. The quantitative estimate of drug-likeness (QED) is 0.0322. The van der Waals surface area contributed by atoms with Crippen LogP contribution >= 0.6 is 52.0 Å². The van der Waals surface area contributed by atoms with Crippen LogP contribution in [-0.4, -0.2) is 60.5 Å². The van der Waals surface area contributed by atoms with Gasteiger partial charge in [-0.3, -0.25) is 0 Å². The van der Waals surface area contributed by atoms with Crippen LogP contribution in [0.2, 0.25) is 0 Å². The van der Waals surface area contributed by atoms with Crippen LogP contribution in [0.4, 0.5) is 34.5 Å². The second-order valence-electron chi connectivity index (χ2n) is 16.3. The minimum absolute atomic E-state index is 0. The minimum Gasteiger partial charge on any atom is -0.418 e. The van der Waals surface area contributed by atoms with Crippen molar-refractivity contribution in [3.05, 3.63) is 243 Å². The predicted molar refractivity (Wildman–Crippen MR) is 331 cm³/mol. The molecule has 408 valence electrons. The van der Waals surface area contributed by atoms with Crippen LogP contribution in [0, 0.1) is 0 Å². The number of rotatable bonds is 20. The van der Waals surface area contributed by atoms with Crippen molar-refractivity contribution < 1.29 is 51.0 Å². The van der Waals surface area contributed by atoms with Crippen molar-refractivity contribution in [2.45, 2.75) is 12.8 Å². The summed E-state index contributed by atoms with van der Waals surface area (Å²) in [6.07, 6.45) is 2.04. The SMILES string of the molecule is CSCCCN(P(c1ccccc1)c1ccccc1)P(=S)(c1ccccc1)c1ccccc1.CSCCCN(P(c1ccccc1)c1ccccc1)P(=S)(c1ccccc1)c1ccccc1.F[B-](F)(F)F.F[B-](F)(F)F.[Ni+2]. The summed E-state index contributed by atoms with van der Waals surface area (Å²) in [6.45, 7) is 1.94. The van der Waals surface area contributed by atoms with E-state index in [1.807, 2.05) is 23.5 Å². The van der Waals surface area contributed by atoms with Gasteiger partial charge in [-0.1, -0.05) is 266 Å². The number of halogens is 8. The van der Waals surface area contributed by atoms with Gasteiger partial charge in [-0.2, -0.15) is 23.5 Å². The van der Waals surface area contributed by atoms with Crippen LogP contribution in [0.3, 0.4) is 0 Å². The maximum atomic E-state index is 9.75. The van der Waals surface area contributed by atoms with E-state index in [-0.39, 0.29) is 16.5 Å². The van der Waals surface area contributed by atoms with Crippen molar-refractivity contribution in [2.24, 2.45) is 0 Å². The summed E-state index contributed by atoms with van der Waals surface area (Å²) in [6, 6.07) is 87.1. The smallest absolute Gasteiger partial charge is 0.418 e. The molecule has 0 saturated carbocycles. The van der Waals surface area contributed by atoms with Gasteiger partial charge in [0.1, 0.15) is 0 Å². The van der Waals surface area contributed by atoms with Gasteiger partial charge in [0, 0.05) is 50.5 Å². The molecule has 8 rings (SSSR count). The summed E-state index contributed by atoms with van der Waals surface area (Å²) in [4.78, 5) is 0. The fraction of sp³-hybridized carbons (Fsp3) is 0.143. The Balaban J connectivity index is 0.000000280. The molecule has 0 bridgehead atoms. The predicted octanol–water partition coefficient (Wildman–Crippen LogP) is 14.9. The van der Waals surface area contributed by atoms with Crippen molar-refractivity contribution in [3.8, 4) is 0 Å². The number of nitrogens with zero attached hydrogens (tertiary/aromatic N) is 2. The standard InChI is InChI=1S/2C28H29NP2S2.2BF4.Ni/c2*1-33-24-14-23-29(30(25-15-6-2-7-16-25)26-17-8-3-9-18-26)31(32,27-19-10-4-11-20-27)28-21-12-5-13-22-28;2*2-1(3,4)5;/h2*2-13,15-22H,14,23-24H2,1H3;;;/q;;2*-1;+2. The first-order valence-electron chi connectivity index (χ1n) is 24.0. The molecule has 8 aromatic carbocycles. The molecule has 0 amide bonds. The molecule has 0 atom stereocenters. The third-order valence-corrected chi connectivity index (χ3v) is 29.6. The first-order valence-corrected chi connectivity index (χ1v) is 34.9. The van der Waals surface area contributed by atoms with E-state index in [9.17, 15) is 34.5 Å². The van der Waals surface area contributed by atoms with Gasteiger partial charge in [-0.15, -0.1) is 0 Å². The second kappa shape index (κ2) is 34.0. The van der Waals surface area contributed by atoms with Gasteiger partial charge in [0.15, 0.2) is 0 Å². The van der Waals surface area contributed by atoms with E-state index in [0.717, 1.165) is 37.4 Å². The topological polar surface area (TPSA) is 6.48 Å². The molecule has 0 heterocycles. The number of hydrogen-bond donors (Lipinski definition) is 0. The van der Waals surface area contributed by atoms with Gasteiger partial charge in [-0.05, 0) is 58.1 Å². The van der Waals surface area contributed by atoms with Crippen LogP contribution in [0.5, 0.6) is 0 Å². The maximum Gasteiger partial charge on any atom is 2.00 e. The summed E-state index contributed by atoms with van der Waals surface area (Å²) in [5.41, 5.74) is 0. The molecule has 0 aromatic heterocycles. The summed E-state index contributed by atoms with van der Waals surface area (Å²) in [7, 11) is -13.6. The molecular formula is C56H58B2F8N2NiP4S4. The molecule has 21 heteroatoms. The molecule has 0 aliphatic carbocycles. The Morgan fingerprint density at radius 1 is 0.351 bits per heavy atom. The van der Waals surface area contributed by atoms with Gasteiger partial charge >= 0.3 is 31.0 Å². The average Bonchev–Trinajstić information content (AvgIpc) is 3.48. The minimum atomic E-state index is -6.00. The summed E-state index contributed by atoms with van der Waals surface area (Å²) in [5.74, 6) is 2.25. The molecule has 8 aromatic rings. The van der Waals surface area contributed by atoms with E-state index >= 15 is 0 Å².